The quantitative estimate of drug-likeness (QED) is 0.151. The molecule has 0 saturated heterocycles. The van der Waals surface area contributed by atoms with E-state index in [0.29, 0.717) is 5.92 Å². The fourth-order valence-corrected chi connectivity index (χ4v) is 17.1. The van der Waals surface area contributed by atoms with Crippen LogP contribution < -0.4 is 0 Å². The second-order valence-corrected chi connectivity index (χ2v) is 25.5. The van der Waals surface area contributed by atoms with Crippen molar-refractivity contribution >= 4 is 24.4 Å². The Morgan fingerprint density at radius 2 is 1.46 bits per heavy atom. The normalized spacial score (nSPS) is 12.8. The number of aliphatic hydroxyl groups excluding tert-OH is 1. The summed E-state index contributed by atoms with van der Waals surface area (Å²) in [5.41, 5.74) is 2.86. The molecule has 0 aliphatic carbocycles. The Kier molecular flexibility index (Phi) is 19.7. The lowest BCUT2D eigenvalue weighted by Gasteiger charge is -2.32. The smallest absolute Gasteiger partial charge is 0.285 e. The van der Waals surface area contributed by atoms with Crippen LogP contribution in [-0.4, -0.2) is 36.1 Å². The molecule has 2 aromatic carbocycles. The second-order valence-electron chi connectivity index (χ2n) is 11.1. The minimum absolute atomic E-state index is 0.132. The average molecular weight is 559 g/mol. The fourth-order valence-electron chi connectivity index (χ4n) is 3.84. The van der Waals surface area contributed by atoms with Gasteiger partial charge in [-0.25, -0.2) is 0 Å². The third-order valence-corrected chi connectivity index (χ3v) is 19.1. The standard InChI is InChI=1S/C13H30O3Si3.2C9H12/c1-17(15)19(5,16-18(2,3)4)13-11-9-7-6-8-10-12-14;1-8(2)9-6-4-3-5-7-9;1-2-6-9-7-4-3-5-8-9/h8,10,14H,6-7,9,11-13H2,1-5H3;3-8H,1-2H3;3-5,7-8H,2,6H2,1H3/b10-8+;;. The van der Waals surface area contributed by atoms with Crippen LogP contribution in [-0.2, 0) is 15.0 Å². The molecule has 6 heteroatoms. The largest absolute Gasteiger partial charge is 0.453 e. The Labute approximate surface area is 232 Å². The topological polar surface area (TPSA) is 46.5 Å². The van der Waals surface area contributed by atoms with Crippen molar-refractivity contribution in [2.24, 2.45) is 0 Å². The highest BCUT2D eigenvalue weighted by atomic mass is 29.2. The van der Waals surface area contributed by atoms with Crippen LogP contribution >= 0.6 is 0 Å². The maximum atomic E-state index is 12.1. The lowest BCUT2D eigenvalue weighted by atomic mass is 10.0. The van der Waals surface area contributed by atoms with E-state index in [9.17, 15) is 4.46 Å². The van der Waals surface area contributed by atoms with Crippen molar-refractivity contribution in [3.05, 3.63) is 83.9 Å². The van der Waals surface area contributed by atoms with Crippen LogP contribution in [0.1, 0.15) is 69.9 Å². The molecule has 0 radical (unpaired) electrons. The van der Waals surface area contributed by atoms with Crippen LogP contribution in [0.15, 0.2) is 72.8 Å². The maximum absolute atomic E-state index is 12.1. The van der Waals surface area contributed by atoms with Gasteiger partial charge in [-0.05, 0) is 75.1 Å². The third-order valence-electron chi connectivity index (χ3n) is 5.92. The van der Waals surface area contributed by atoms with E-state index in [0.717, 1.165) is 31.7 Å². The predicted octanol–water partition coefficient (Wildman–Crippen LogP) is 9.10. The first-order valence-corrected chi connectivity index (χ1v) is 22.9. The van der Waals surface area contributed by atoms with E-state index < -0.39 is 24.4 Å². The highest BCUT2D eigenvalue weighted by molar-refractivity contribution is 7.25. The van der Waals surface area contributed by atoms with Gasteiger partial charge in [0.1, 0.15) is 0 Å². The molecule has 2 aromatic rings. The maximum Gasteiger partial charge on any atom is 0.285 e. The van der Waals surface area contributed by atoms with Crippen LogP contribution in [0.5, 0.6) is 0 Å². The van der Waals surface area contributed by atoms with Crippen LogP contribution in [0.4, 0.5) is 0 Å². The van der Waals surface area contributed by atoms with Gasteiger partial charge >= 0.3 is 0 Å². The molecule has 0 aromatic heterocycles. The van der Waals surface area contributed by atoms with Crippen molar-refractivity contribution in [1.29, 1.82) is 0 Å². The van der Waals surface area contributed by atoms with E-state index in [1.54, 1.807) is 6.08 Å². The lowest BCUT2D eigenvalue weighted by Crippen LogP contribution is -2.51. The van der Waals surface area contributed by atoms with Gasteiger partial charge in [0.05, 0.1) is 6.61 Å². The molecule has 208 valence electrons. The van der Waals surface area contributed by atoms with Gasteiger partial charge in [0.25, 0.3) is 8.20 Å². The van der Waals surface area contributed by atoms with Crippen molar-refractivity contribution in [2.45, 2.75) is 104 Å². The first-order chi connectivity index (χ1) is 17.4. The van der Waals surface area contributed by atoms with Gasteiger partial charge in [0, 0.05) is 0 Å². The summed E-state index contributed by atoms with van der Waals surface area (Å²) >= 11 is 0. The molecule has 0 amide bonds. The summed E-state index contributed by atoms with van der Waals surface area (Å²) in [7, 11) is -5.13. The van der Waals surface area contributed by atoms with Gasteiger partial charge in [0.15, 0.2) is 8.32 Å². The Bertz CT molecular complexity index is 849. The number of allylic oxidation sites excluding steroid dienone is 1. The average Bonchev–Trinajstić information content (AvgIpc) is 2.84. The van der Waals surface area contributed by atoms with E-state index in [2.05, 4.69) is 102 Å². The molecular formula is C31H54O3Si3. The molecule has 0 bridgehead atoms. The molecule has 2 rings (SSSR count). The summed E-state index contributed by atoms with van der Waals surface area (Å²) in [6.07, 6.45) is 10.7. The van der Waals surface area contributed by atoms with Crippen molar-refractivity contribution in [1.82, 2.24) is 0 Å². The number of hydrogen-bond acceptors (Lipinski definition) is 3. The summed E-state index contributed by atoms with van der Waals surface area (Å²) < 4.78 is 18.3. The zero-order valence-corrected chi connectivity index (χ0v) is 27.9. The molecule has 0 heterocycles. The summed E-state index contributed by atoms with van der Waals surface area (Å²) in [4.78, 5) is 0. The van der Waals surface area contributed by atoms with Gasteiger partial charge in [-0.1, -0.05) is 113 Å². The molecule has 37 heavy (non-hydrogen) atoms. The van der Waals surface area contributed by atoms with Crippen molar-refractivity contribution in [2.75, 3.05) is 6.61 Å². The van der Waals surface area contributed by atoms with Crippen molar-refractivity contribution in [3.8, 4) is 0 Å². The zero-order valence-electron chi connectivity index (χ0n) is 24.9. The summed E-state index contributed by atoms with van der Waals surface area (Å²) in [6, 6.07) is 22.1. The van der Waals surface area contributed by atoms with Crippen LogP contribution in [0, 0.1) is 0 Å². The van der Waals surface area contributed by atoms with Crippen molar-refractivity contribution < 1.29 is 13.7 Å². The molecule has 0 spiro atoms. The Hall–Kier alpha value is -1.45. The molecule has 0 saturated carbocycles. The summed E-state index contributed by atoms with van der Waals surface area (Å²) in [6.45, 7) is 17.3. The van der Waals surface area contributed by atoms with Gasteiger partial charge in [-0.15, -0.1) is 0 Å². The van der Waals surface area contributed by atoms with Gasteiger partial charge < -0.3 is 13.7 Å². The highest BCUT2D eigenvalue weighted by Gasteiger charge is 2.39. The number of benzene rings is 2. The summed E-state index contributed by atoms with van der Waals surface area (Å²) in [5.74, 6) is 0.659. The Morgan fingerprint density at radius 1 is 0.892 bits per heavy atom. The molecule has 0 aliphatic heterocycles. The highest BCUT2D eigenvalue weighted by Crippen LogP contribution is 2.22. The van der Waals surface area contributed by atoms with Crippen LogP contribution in [0.2, 0.25) is 38.8 Å². The SMILES string of the molecule is CC(C)c1ccccc1.CCCc1ccccc1.C[Si](=O)[Si](C)(CCCCC/C=C/CO)O[Si](C)(C)C. The monoisotopic (exact) mass is 558 g/mol. The fraction of sp³-hybridized carbons (Fsp3) is 0.548. The number of hydrogen-bond donors (Lipinski definition) is 1. The Morgan fingerprint density at radius 3 is 1.89 bits per heavy atom. The van der Waals surface area contributed by atoms with E-state index in [1.807, 2.05) is 18.7 Å². The minimum atomic E-state index is -1.99. The summed E-state index contributed by atoms with van der Waals surface area (Å²) in [5, 5.41) is 8.62. The van der Waals surface area contributed by atoms with E-state index in [4.69, 9.17) is 9.22 Å². The van der Waals surface area contributed by atoms with Gasteiger partial charge in [-0.2, -0.15) is 0 Å². The van der Waals surface area contributed by atoms with Gasteiger partial charge in [-0.3, -0.25) is 0 Å². The molecule has 3 nitrogen and oxygen atoms in total. The number of aliphatic hydroxyl groups is 1. The van der Waals surface area contributed by atoms with E-state index in [1.165, 1.54) is 24.0 Å². The Balaban J connectivity index is 0.000000591. The van der Waals surface area contributed by atoms with Crippen LogP contribution in [0.25, 0.3) is 0 Å². The molecular weight excluding hydrogens is 505 g/mol. The number of aryl methyl sites for hydroxylation is 1. The van der Waals surface area contributed by atoms with Crippen LogP contribution in [0.3, 0.4) is 0 Å². The zero-order chi connectivity index (χ0) is 28.2. The van der Waals surface area contributed by atoms with E-state index in [-0.39, 0.29) is 6.61 Å². The third kappa shape index (κ3) is 19.3. The van der Waals surface area contributed by atoms with Crippen molar-refractivity contribution in [3.63, 3.8) is 0 Å². The first-order valence-electron chi connectivity index (χ1n) is 14.0. The second kappa shape index (κ2) is 20.5. The minimum Gasteiger partial charge on any atom is -0.453 e. The molecule has 0 fully saturated rings. The lowest BCUT2D eigenvalue weighted by molar-refractivity contribution is 0.342. The molecule has 1 unspecified atom stereocenters. The number of unbranched alkanes of at least 4 members (excludes halogenated alkanes) is 3. The predicted molar refractivity (Wildman–Crippen MR) is 169 cm³/mol. The first kappa shape index (κ1) is 35.6. The molecule has 1 atom stereocenters. The van der Waals surface area contributed by atoms with Gasteiger partial charge in [0.2, 0.25) is 7.83 Å². The van der Waals surface area contributed by atoms with E-state index >= 15 is 0 Å². The molecule has 0 aliphatic rings. The molecule has 1 N–H and O–H groups in total. The number of rotatable bonds is 13.